The third kappa shape index (κ3) is 6.58. The maximum absolute atomic E-state index is 12.3. The van der Waals surface area contributed by atoms with Gasteiger partial charge in [0.2, 0.25) is 9.70 Å². The van der Waals surface area contributed by atoms with Gasteiger partial charge in [-0.05, 0) is 55.1 Å². The van der Waals surface area contributed by atoms with Crippen molar-refractivity contribution in [1.29, 1.82) is 5.26 Å². The van der Waals surface area contributed by atoms with Crippen molar-refractivity contribution < 1.29 is 4.79 Å². The molecule has 0 saturated carbocycles. The Morgan fingerprint density at radius 3 is 2.58 bits per heavy atom. The SMILES string of the molecule is N#Cc1c(NC(=S)N[C@H](NC(=O)/C=C/c2ccccc2)C(Cl)(Cl)Cl)sc2c1CCCC2. The van der Waals surface area contributed by atoms with Gasteiger partial charge in [0, 0.05) is 11.0 Å². The molecule has 1 aliphatic carbocycles. The van der Waals surface area contributed by atoms with Crippen molar-refractivity contribution >= 4 is 80.5 Å². The van der Waals surface area contributed by atoms with Gasteiger partial charge < -0.3 is 16.0 Å². The van der Waals surface area contributed by atoms with E-state index in [4.69, 9.17) is 47.0 Å². The van der Waals surface area contributed by atoms with Gasteiger partial charge in [0.25, 0.3) is 0 Å². The van der Waals surface area contributed by atoms with Crippen LogP contribution in [0.1, 0.15) is 34.4 Å². The number of nitriles is 1. The fourth-order valence-corrected chi connectivity index (χ4v) is 5.02. The number of aryl methyl sites for hydroxylation is 1. The number of fused-ring (bicyclic) bond motifs is 1. The number of hydrogen-bond donors (Lipinski definition) is 3. The first kappa shape index (κ1) is 23.8. The topological polar surface area (TPSA) is 77.0 Å². The highest BCUT2D eigenvalue weighted by molar-refractivity contribution is 7.80. The van der Waals surface area contributed by atoms with Crippen molar-refractivity contribution in [3.05, 3.63) is 58.0 Å². The summed E-state index contributed by atoms with van der Waals surface area (Å²) in [6.07, 6.45) is 5.92. The van der Waals surface area contributed by atoms with Gasteiger partial charge in [-0.25, -0.2) is 0 Å². The van der Waals surface area contributed by atoms with Crippen LogP contribution in [0.5, 0.6) is 0 Å². The molecule has 0 fully saturated rings. The summed E-state index contributed by atoms with van der Waals surface area (Å²) in [5.41, 5.74) is 2.55. The van der Waals surface area contributed by atoms with E-state index in [0.717, 1.165) is 36.8 Å². The molecule has 1 atom stereocenters. The Balaban J connectivity index is 1.67. The van der Waals surface area contributed by atoms with E-state index < -0.39 is 15.9 Å². The zero-order valence-electron chi connectivity index (χ0n) is 16.3. The second-order valence-electron chi connectivity index (χ2n) is 6.85. The Hall–Kier alpha value is -1.82. The lowest BCUT2D eigenvalue weighted by atomic mass is 9.96. The fraction of sp³-hybridized carbons (Fsp3) is 0.286. The van der Waals surface area contributed by atoms with Gasteiger partial charge in [0.05, 0.1) is 5.56 Å². The molecule has 1 amide bonds. The van der Waals surface area contributed by atoms with E-state index >= 15 is 0 Å². The molecule has 0 saturated heterocycles. The van der Waals surface area contributed by atoms with Crippen LogP contribution in [0, 0.1) is 11.3 Å². The predicted molar refractivity (Wildman–Crippen MR) is 133 cm³/mol. The number of carbonyl (C=O) groups is 1. The van der Waals surface area contributed by atoms with E-state index in [1.54, 1.807) is 6.08 Å². The molecule has 0 bridgehead atoms. The Kier molecular flexibility index (Phi) is 8.20. The van der Waals surface area contributed by atoms with Gasteiger partial charge in [-0.15, -0.1) is 11.3 Å². The number of amides is 1. The quantitative estimate of drug-likeness (QED) is 0.219. The molecule has 1 heterocycles. The van der Waals surface area contributed by atoms with Crippen LogP contribution in [0.4, 0.5) is 5.00 Å². The molecule has 1 aliphatic rings. The average Bonchev–Trinajstić information content (AvgIpc) is 3.08. The van der Waals surface area contributed by atoms with Gasteiger partial charge in [-0.2, -0.15) is 5.26 Å². The number of carbonyl (C=O) groups excluding carboxylic acids is 1. The maximum Gasteiger partial charge on any atom is 0.245 e. The highest BCUT2D eigenvalue weighted by atomic mass is 35.6. The molecule has 1 aromatic carbocycles. The lowest BCUT2D eigenvalue weighted by Gasteiger charge is -2.27. The summed E-state index contributed by atoms with van der Waals surface area (Å²) >= 11 is 25.0. The maximum atomic E-state index is 12.3. The van der Waals surface area contributed by atoms with E-state index in [9.17, 15) is 10.1 Å². The number of anilines is 1. The molecule has 0 radical (unpaired) electrons. The highest BCUT2D eigenvalue weighted by Crippen LogP contribution is 2.37. The molecule has 31 heavy (non-hydrogen) atoms. The number of benzene rings is 1. The van der Waals surface area contributed by atoms with Crippen molar-refractivity contribution in [2.45, 2.75) is 35.6 Å². The normalized spacial score (nSPS) is 14.4. The number of alkyl halides is 3. The Morgan fingerprint density at radius 1 is 1.19 bits per heavy atom. The molecular weight excluding hydrogens is 495 g/mol. The fourth-order valence-electron chi connectivity index (χ4n) is 3.17. The minimum Gasteiger partial charge on any atom is -0.339 e. The Morgan fingerprint density at radius 2 is 1.90 bits per heavy atom. The summed E-state index contributed by atoms with van der Waals surface area (Å²) in [4.78, 5) is 13.5. The third-order valence-corrected chi connectivity index (χ3v) is 6.71. The number of halogens is 3. The van der Waals surface area contributed by atoms with E-state index in [0.29, 0.717) is 10.6 Å². The summed E-state index contributed by atoms with van der Waals surface area (Å²) in [5, 5.41) is 18.8. The summed E-state index contributed by atoms with van der Waals surface area (Å²) in [6, 6.07) is 11.6. The van der Waals surface area contributed by atoms with Crippen LogP contribution < -0.4 is 16.0 Å². The van der Waals surface area contributed by atoms with Gasteiger partial charge in [-0.1, -0.05) is 65.1 Å². The molecule has 5 nitrogen and oxygen atoms in total. The van der Waals surface area contributed by atoms with Crippen molar-refractivity contribution in [3.8, 4) is 6.07 Å². The van der Waals surface area contributed by atoms with E-state index in [2.05, 4.69) is 22.0 Å². The van der Waals surface area contributed by atoms with Gasteiger partial charge >= 0.3 is 0 Å². The van der Waals surface area contributed by atoms with Crippen molar-refractivity contribution in [2.75, 3.05) is 5.32 Å². The predicted octanol–water partition coefficient (Wildman–Crippen LogP) is 5.31. The van der Waals surface area contributed by atoms with Gasteiger partial charge in [0.1, 0.15) is 17.2 Å². The minimum absolute atomic E-state index is 0.138. The summed E-state index contributed by atoms with van der Waals surface area (Å²) in [7, 11) is 0. The van der Waals surface area contributed by atoms with Crippen molar-refractivity contribution in [1.82, 2.24) is 10.6 Å². The smallest absolute Gasteiger partial charge is 0.245 e. The first-order chi connectivity index (χ1) is 14.8. The Labute approximate surface area is 205 Å². The van der Waals surface area contributed by atoms with Crippen LogP contribution in [0.2, 0.25) is 0 Å². The van der Waals surface area contributed by atoms with Crippen LogP contribution in [-0.2, 0) is 17.6 Å². The molecule has 0 spiro atoms. The second kappa shape index (κ2) is 10.7. The molecule has 3 rings (SSSR count). The molecule has 2 aromatic rings. The van der Waals surface area contributed by atoms with Crippen LogP contribution in [-0.4, -0.2) is 21.0 Å². The van der Waals surface area contributed by atoms with Crippen LogP contribution in [0.15, 0.2) is 36.4 Å². The summed E-state index contributed by atoms with van der Waals surface area (Å²) in [6.45, 7) is 0. The molecule has 162 valence electrons. The molecule has 0 unspecified atom stereocenters. The second-order valence-corrected chi connectivity index (χ2v) is 10.7. The standard InChI is InChI=1S/C21H19Cl3N4OS2/c22-21(23,24)19(26-17(29)11-10-13-6-2-1-3-7-13)28-20(30)27-18-15(12-25)14-8-4-5-9-16(14)31-18/h1-3,6-7,10-11,19H,4-5,8-9H2,(H,26,29)(H2,27,28,30)/b11-10+/t19-/m0/s1. The molecule has 0 aliphatic heterocycles. The number of rotatable bonds is 5. The molecular formula is C21H19Cl3N4OS2. The average molecular weight is 514 g/mol. The Bertz CT molecular complexity index is 1030. The lowest BCUT2D eigenvalue weighted by Crippen LogP contribution is -2.55. The number of thiophene rings is 1. The van der Waals surface area contributed by atoms with E-state index in [1.165, 1.54) is 22.3 Å². The summed E-state index contributed by atoms with van der Waals surface area (Å²) in [5.74, 6) is -0.459. The highest BCUT2D eigenvalue weighted by Gasteiger charge is 2.34. The van der Waals surface area contributed by atoms with Crippen molar-refractivity contribution in [2.24, 2.45) is 0 Å². The first-order valence-electron chi connectivity index (χ1n) is 9.50. The summed E-state index contributed by atoms with van der Waals surface area (Å²) < 4.78 is -1.87. The van der Waals surface area contributed by atoms with Crippen LogP contribution in [0.25, 0.3) is 6.08 Å². The van der Waals surface area contributed by atoms with Gasteiger partial charge in [-0.3, -0.25) is 4.79 Å². The van der Waals surface area contributed by atoms with Crippen molar-refractivity contribution in [3.63, 3.8) is 0 Å². The number of nitrogens with zero attached hydrogens (tertiary/aromatic N) is 1. The molecule has 3 N–H and O–H groups in total. The monoisotopic (exact) mass is 512 g/mol. The number of thiocarbonyl (C=S) groups is 1. The largest absolute Gasteiger partial charge is 0.339 e. The number of nitrogens with one attached hydrogen (secondary N) is 3. The third-order valence-electron chi connectivity index (χ3n) is 4.63. The van der Waals surface area contributed by atoms with E-state index in [1.807, 2.05) is 30.3 Å². The molecule has 1 aromatic heterocycles. The van der Waals surface area contributed by atoms with Crippen LogP contribution >= 0.6 is 58.4 Å². The van der Waals surface area contributed by atoms with Gasteiger partial charge in [0.15, 0.2) is 5.11 Å². The minimum atomic E-state index is -1.87. The first-order valence-corrected chi connectivity index (χ1v) is 11.9. The van der Waals surface area contributed by atoms with Crippen LogP contribution in [0.3, 0.4) is 0 Å². The zero-order chi connectivity index (χ0) is 22.4. The lowest BCUT2D eigenvalue weighted by molar-refractivity contribution is -0.117. The number of hydrogen-bond acceptors (Lipinski definition) is 4. The van der Waals surface area contributed by atoms with E-state index in [-0.39, 0.29) is 5.11 Å². The zero-order valence-corrected chi connectivity index (χ0v) is 20.2. The molecule has 10 heteroatoms.